The Morgan fingerprint density at radius 3 is 2.67 bits per heavy atom. The molecule has 0 aliphatic heterocycles. The molecule has 1 fully saturated rings. The Balaban J connectivity index is 2.26. The van der Waals surface area contributed by atoms with Crippen molar-refractivity contribution in [2.45, 2.75) is 57.9 Å². The summed E-state index contributed by atoms with van der Waals surface area (Å²) in [4.78, 5) is 9.10. The lowest BCUT2D eigenvalue weighted by atomic mass is 9.77. The van der Waals surface area contributed by atoms with Gasteiger partial charge in [-0.2, -0.15) is 0 Å². The molecule has 118 valence electrons. The van der Waals surface area contributed by atoms with Crippen LogP contribution in [-0.4, -0.2) is 34.3 Å². The number of hydrogen-bond acceptors (Lipinski definition) is 5. The van der Waals surface area contributed by atoms with Crippen LogP contribution in [0.15, 0.2) is 6.07 Å². The van der Waals surface area contributed by atoms with E-state index in [-0.39, 0.29) is 18.1 Å². The van der Waals surface area contributed by atoms with Crippen molar-refractivity contribution in [3.8, 4) is 0 Å². The van der Waals surface area contributed by atoms with E-state index in [1.807, 2.05) is 13.1 Å². The van der Waals surface area contributed by atoms with Crippen LogP contribution in [0.1, 0.15) is 58.2 Å². The molecule has 2 unspecified atom stereocenters. The van der Waals surface area contributed by atoms with E-state index in [0.717, 1.165) is 36.7 Å². The fourth-order valence-corrected chi connectivity index (χ4v) is 3.14. The molecule has 21 heavy (non-hydrogen) atoms. The number of nitrogens with zero attached hydrogens (tertiary/aromatic N) is 2. The lowest BCUT2D eigenvalue weighted by Gasteiger charge is -2.40. The summed E-state index contributed by atoms with van der Waals surface area (Å²) in [6.45, 7) is 6.57. The first-order chi connectivity index (χ1) is 9.98. The fourth-order valence-electron chi connectivity index (χ4n) is 3.14. The summed E-state index contributed by atoms with van der Waals surface area (Å²) in [5, 5.41) is 16.5. The van der Waals surface area contributed by atoms with Crippen LogP contribution >= 0.6 is 0 Å². The zero-order valence-electron chi connectivity index (χ0n) is 13.6. The Kier molecular flexibility index (Phi) is 5.04. The molecule has 0 aromatic carbocycles. The average molecular weight is 292 g/mol. The Morgan fingerprint density at radius 2 is 2.10 bits per heavy atom. The maximum atomic E-state index is 9.90. The Bertz CT molecular complexity index is 477. The van der Waals surface area contributed by atoms with E-state index in [0.29, 0.717) is 5.92 Å². The highest BCUT2D eigenvalue weighted by Crippen LogP contribution is 2.34. The number of hydrogen-bond donors (Lipinski definition) is 3. The van der Waals surface area contributed by atoms with Crippen molar-refractivity contribution in [2.24, 2.45) is 5.92 Å². The van der Waals surface area contributed by atoms with Crippen LogP contribution < -0.4 is 10.6 Å². The molecule has 2 atom stereocenters. The van der Waals surface area contributed by atoms with E-state index >= 15 is 0 Å². The predicted molar refractivity (Wildman–Crippen MR) is 86.7 cm³/mol. The van der Waals surface area contributed by atoms with Gasteiger partial charge in [-0.05, 0) is 18.8 Å². The summed E-state index contributed by atoms with van der Waals surface area (Å²) in [7, 11) is 1.86. The van der Waals surface area contributed by atoms with Gasteiger partial charge in [0.1, 0.15) is 17.5 Å². The molecule has 1 saturated carbocycles. The average Bonchev–Trinajstić information content (AvgIpc) is 2.46. The van der Waals surface area contributed by atoms with Gasteiger partial charge in [0.15, 0.2) is 0 Å². The van der Waals surface area contributed by atoms with Crippen molar-refractivity contribution in [1.82, 2.24) is 9.97 Å². The highest BCUT2D eigenvalue weighted by Gasteiger charge is 2.34. The maximum absolute atomic E-state index is 9.90. The molecule has 0 saturated heterocycles. The van der Waals surface area contributed by atoms with Crippen LogP contribution in [0.4, 0.5) is 11.6 Å². The monoisotopic (exact) mass is 292 g/mol. The van der Waals surface area contributed by atoms with Gasteiger partial charge in [0, 0.05) is 19.0 Å². The van der Waals surface area contributed by atoms with E-state index in [1.165, 1.54) is 6.42 Å². The van der Waals surface area contributed by atoms with Gasteiger partial charge in [0.25, 0.3) is 0 Å². The molecular formula is C16H28N4O. The summed E-state index contributed by atoms with van der Waals surface area (Å²) in [6.07, 6.45) is 4.37. The van der Waals surface area contributed by atoms with Gasteiger partial charge in [0.2, 0.25) is 0 Å². The van der Waals surface area contributed by atoms with Gasteiger partial charge in [-0.3, -0.25) is 0 Å². The van der Waals surface area contributed by atoms with E-state index in [4.69, 9.17) is 0 Å². The smallest absolute Gasteiger partial charge is 0.135 e. The second-order valence-corrected chi connectivity index (χ2v) is 6.67. The van der Waals surface area contributed by atoms with Gasteiger partial charge in [0.05, 0.1) is 12.1 Å². The summed E-state index contributed by atoms with van der Waals surface area (Å²) >= 11 is 0. The molecule has 0 bridgehead atoms. The van der Waals surface area contributed by atoms with Crippen LogP contribution in [0, 0.1) is 5.92 Å². The zero-order valence-corrected chi connectivity index (χ0v) is 13.6. The van der Waals surface area contributed by atoms with Crippen LogP contribution in [0.3, 0.4) is 0 Å². The Morgan fingerprint density at radius 1 is 1.38 bits per heavy atom. The molecule has 2 rings (SSSR count). The largest absolute Gasteiger partial charge is 0.394 e. The number of nitrogens with one attached hydrogen (secondary N) is 2. The number of aliphatic hydroxyl groups is 1. The zero-order chi connectivity index (χ0) is 15.5. The minimum absolute atomic E-state index is 0.146. The topological polar surface area (TPSA) is 70.1 Å². The van der Waals surface area contributed by atoms with Gasteiger partial charge in [-0.1, -0.05) is 33.6 Å². The highest BCUT2D eigenvalue weighted by molar-refractivity contribution is 5.49. The highest BCUT2D eigenvalue weighted by atomic mass is 16.3. The first-order valence-electron chi connectivity index (χ1n) is 7.94. The second-order valence-electron chi connectivity index (χ2n) is 6.67. The molecule has 1 aromatic heterocycles. The molecule has 5 heteroatoms. The summed E-state index contributed by atoms with van der Waals surface area (Å²) < 4.78 is 0. The van der Waals surface area contributed by atoms with E-state index < -0.39 is 0 Å². The SMILES string of the molecule is CNc1cc(NC2(CO)CCCC(C)C2)nc(C(C)C)n1. The first kappa shape index (κ1) is 16.0. The van der Waals surface area contributed by atoms with Crippen molar-refractivity contribution in [3.63, 3.8) is 0 Å². The molecule has 1 heterocycles. The molecule has 5 nitrogen and oxygen atoms in total. The molecule has 3 N–H and O–H groups in total. The normalized spacial score (nSPS) is 25.9. The number of anilines is 2. The Labute approximate surface area is 127 Å². The number of aromatic nitrogens is 2. The quantitative estimate of drug-likeness (QED) is 0.778. The van der Waals surface area contributed by atoms with Crippen molar-refractivity contribution in [2.75, 3.05) is 24.3 Å². The number of rotatable bonds is 5. The van der Waals surface area contributed by atoms with E-state index in [2.05, 4.69) is 41.4 Å². The van der Waals surface area contributed by atoms with Gasteiger partial charge < -0.3 is 15.7 Å². The lowest BCUT2D eigenvalue weighted by Crippen LogP contribution is -2.46. The minimum atomic E-state index is -0.245. The lowest BCUT2D eigenvalue weighted by molar-refractivity contribution is 0.149. The molecule has 1 aliphatic rings. The van der Waals surface area contributed by atoms with Gasteiger partial charge >= 0.3 is 0 Å². The first-order valence-corrected chi connectivity index (χ1v) is 7.94. The number of aliphatic hydroxyl groups excluding tert-OH is 1. The van der Waals surface area contributed by atoms with E-state index in [1.54, 1.807) is 0 Å². The third kappa shape index (κ3) is 3.84. The minimum Gasteiger partial charge on any atom is -0.394 e. The molecule has 0 radical (unpaired) electrons. The second kappa shape index (κ2) is 6.60. The predicted octanol–water partition coefficient (Wildman–Crippen LogP) is 2.99. The molecule has 1 aliphatic carbocycles. The van der Waals surface area contributed by atoms with Crippen molar-refractivity contribution >= 4 is 11.6 Å². The third-order valence-corrected chi connectivity index (χ3v) is 4.30. The summed E-state index contributed by atoms with van der Waals surface area (Å²) in [6, 6.07) is 1.92. The van der Waals surface area contributed by atoms with Crippen LogP contribution in [-0.2, 0) is 0 Å². The van der Waals surface area contributed by atoms with Crippen molar-refractivity contribution < 1.29 is 5.11 Å². The van der Waals surface area contributed by atoms with E-state index in [9.17, 15) is 5.11 Å². The van der Waals surface area contributed by atoms with Gasteiger partial charge in [-0.15, -0.1) is 0 Å². The molecule has 0 spiro atoms. The fraction of sp³-hybridized carbons (Fsp3) is 0.750. The third-order valence-electron chi connectivity index (χ3n) is 4.30. The van der Waals surface area contributed by atoms with Crippen molar-refractivity contribution in [1.29, 1.82) is 0 Å². The molecule has 0 amide bonds. The Hall–Kier alpha value is -1.36. The van der Waals surface area contributed by atoms with Crippen LogP contribution in [0.2, 0.25) is 0 Å². The van der Waals surface area contributed by atoms with Gasteiger partial charge in [-0.25, -0.2) is 9.97 Å². The standard InChI is InChI=1S/C16H28N4O/c1-11(2)15-18-13(17-4)8-14(19-15)20-16(10-21)7-5-6-12(3)9-16/h8,11-12,21H,5-7,9-10H2,1-4H3,(H2,17,18,19,20). The maximum Gasteiger partial charge on any atom is 0.135 e. The van der Waals surface area contributed by atoms with Crippen LogP contribution in [0.5, 0.6) is 0 Å². The van der Waals surface area contributed by atoms with Crippen LogP contribution in [0.25, 0.3) is 0 Å². The summed E-state index contributed by atoms with van der Waals surface area (Å²) in [5.74, 6) is 3.35. The molecular weight excluding hydrogens is 264 g/mol. The molecule has 1 aromatic rings. The summed E-state index contributed by atoms with van der Waals surface area (Å²) in [5.41, 5.74) is -0.245. The van der Waals surface area contributed by atoms with Crippen molar-refractivity contribution in [3.05, 3.63) is 11.9 Å².